The van der Waals surface area contributed by atoms with Crippen LogP contribution in [-0.2, 0) is 0 Å². The lowest BCUT2D eigenvalue weighted by molar-refractivity contribution is 0.0687. The maximum atomic E-state index is 11.4. The Morgan fingerprint density at radius 2 is 1.89 bits per heavy atom. The molecule has 2 aliphatic rings. The van der Waals surface area contributed by atoms with Gasteiger partial charge < -0.3 is 10.4 Å². The summed E-state index contributed by atoms with van der Waals surface area (Å²) in [5.74, 6) is 0.0251. The molecule has 2 fully saturated rings. The highest BCUT2D eigenvalue weighted by Gasteiger charge is 2.42. The summed E-state index contributed by atoms with van der Waals surface area (Å²) in [5.41, 5.74) is -0.120. The van der Waals surface area contributed by atoms with E-state index in [1.807, 2.05) is 0 Å². The number of Topliss-reactive ketones (excluding diaryl/α,β-unsaturated/α-hetero) is 1. The molecule has 2 N–H and O–H groups in total. The van der Waals surface area contributed by atoms with Crippen LogP contribution in [0.3, 0.4) is 0 Å². The van der Waals surface area contributed by atoms with Gasteiger partial charge in [0.15, 0.2) is 16.6 Å². The van der Waals surface area contributed by atoms with Crippen LogP contribution in [0.15, 0.2) is 0 Å². The summed E-state index contributed by atoms with van der Waals surface area (Å²) in [6.45, 7) is 1.38. The third kappa shape index (κ3) is 2.63. The van der Waals surface area contributed by atoms with Crippen LogP contribution in [0.1, 0.15) is 52.8 Å². The van der Waals surface area contributed by atoms with Crippen LogP contribution in [-0.4, -0.2) is 27.9 Å². The summed E-state index contributed by atoms with van der Waals surface area (Å²) in [4.78, 5) is 26.8. The number of aromatic nitrogens is 1. The van der Waals surface area contributed by atoms with Crippen molar-refractivity contribution in [2.24, 2.45) is 11.8 Å². The van der Waals surface area contributed by atoms with Crippen LogP contribution >= 0.6 is 11.3 Å². The van der Waals surface area contributed by atoms with E-state index in [1.165, 1.54) is 32.6 Å². The highest BCUT2D eigenvalue weighted by atomic mass is 32.1. The van der Waals surface area contributed by atoms with Gasteiger partial charge in [0.25, 0.3) is 0 Å². The Balaban J connectivity index is 1.82. The number of nitrogens with one attached hydrogen (secondary N) is 1. The number of rotatable bonds is 6. The van der Waals surface area contributed by atoms with Crippen LogP contribution in [0.5, 0.6) is 0 Å². The number of carboxylic acids is 1. The highest BCUT2D eigenvalue weighted by Crippen LogP contribution is 2.46. The van der Waals surface area contributed by atoms with Gasteiger partial charge in [0, 0.05) is 13.0 Å². The minimum absolute atomic E-state index is 0.120. The van der Waals surface area contributed by atoms with Crippen molar-refractivity contribution in [2.75, 3.05) is 5.32 Å². The number of aromatic carboxylic acids is 1. The molecule has 1 heterocycles. The molecule has 5 nitrogen and oxygen atoms in total. The van der Waals surface area contributed by atoms with E-state index in [0.717, 1.165) is 11.3 Å². The van der Waals surface area contributed by atoms with Gasteiger partial charge in [0.1, 0.15) is 4.88 Å². The molecule has 102 valence electrons. The molecule has 0 amide bonds. The van der Waals surface area contributed by atoms with Crippen LogP contribution in [0.4, 0.5) is 5.13 Å². The fraction of sp³-hybridized carbons (Fsp3) is 0.615. The number of nitrogens with zero attached hydrogens (tertiary/aromatic N) is 1. The molecule has 2 aliphatic carbocycles. The first kappa shape index (κ1) is 12.6. The lowest BCUT2D eigenvalue weighted by Crippen LogP contribution is -2.24. The largest absolute Gasteiger partial charge is 0.476 e. The van der Waals surface area contributed by atoms with Gasteiger partial charge in [0.2, 0.25) is 0 Å². The Morgan fingerprint density at radius 1 is 1.32 bits per heavy atom. The molecule has 0 atom stereocenters. The zero-order chi connectivity index (χ0) is 13.6. The maximum Gasteiger partial charge on any atom is 0.356 e. The number of thiazole rings is 1. The maximum absolute atomic E-state index is 11.4. The van der Waals surface area contributed by atoms with Crippen molar-refractivity contribution < 1.29 is 14.7 Å². The predicted octanol–water partition coefficient (Wildman–Crippen LogP) is 2.64. The minimum atomic E-state index is -1.14. The standard InChI is InChI=1S/C13H16N2O3S/c1-6(16)11-10(12(17)18)15-13(19-11)14-9(7-2-3-7)8-4-5-8/h7-9H,2-5H2,1H3,(H,14,15)(H,17,18). The van der Waals surface area contributed by atoms with E-state index in [2.05, 4.69) is 10.3 Å². The van der Waals surface area contributed by atoms with Gasteiger partial charge in [-0.25, -0.2) is 9.78 Å². The van der Waals surface area contributed by atoms with Crippen molar-refractivity contribution >= 4 is 28.2 Å². The first-order valence-electron chi connectivity index (χ1n) is 6.58. The van der Waals surface area contributed by atoms with Crippen molar-refractivity contribution in [3.63, 3.8) is 0 Å². The topological polar surface area (TPSA) is 79.3 Å². The average Bonchev–Trinajstić information content (AvgIpc) is 3.24. The smallest absolute Gasteiger partial charge is 0.356 e. The molecule has 1 aromatic heterocycles. The van der Waals surface area contributed by atoms with E-state index in [1.54, 1.807) is 0 Å². The second kappa shape index (κ2) is 4.59. The number of carboxylic acid groups (broad SMARTS) is 1. The van der Waals surface area contributed by atoms with Crippen molar-refractivity contribution in [3.8, 4) is 0 Å². The molecule has 0 radical (unpaired) electrons. The minimum Gasteiger partial charge on any atom is -0.476 e. The third-order valence-electron chi connectivity index (χ3n) is 3.70. The second-order valence-corrected chi connectivity index (χ2v) is 6.40. The summed E-state index contributed by atoms with van der Waals surface area (Å²) in [6, 6.07) is 0.410. The molecular weight excluding hydrogens is 264 g/mol. The molecule has 19 heavy (non-hydrogen) atoms. The first-order chi connectivity index (χ1) is 9.06. The van der Waals surface area contributed by atoms with E-state index in [0.29, 0.717) is 23.0 Å². The summed E-state index contributed by atoms with van der Waals surface area (Å²) >= 11 is 1.16. The predicted molar refractivity (Wildman–Crippen MR) is 71.9 cm³/mol. The molecule has 0 unspecified atom stereocenters. The summed E-state index contributed by atoms with van der Waals surface area (Å²) in [6.07, 6.45) is 4.96. The first-order valence-corrected chi connectivity index (χ1v) is 7.39. The van der Waals surface area contributed by atoms with E-state index >= 15 is 0 Å². The Morgan fingerprint density at radius 3 is 2.26 bits per heavy atom. The molecule has 6 heteroatoms. The van der Waals surface area contributed by atoms with Gasteiger partial charge in [-0.3, -0.25) is 4.79 Å². The number of anilines is 1. The lowest BCUT2D eigenvalue weighted by atomic mass is 10.1. The number of carbonyl (C=O) groups is 2. The van der Waals surface area contributed by atoms with Crippen molar-refractivity contribution in [1.29, 1.82) is 0 Å². The normalized spacial score (nSPS) is 18.6. The molecule has 0 aromatic carbocycles. The molecule has 1 aromatic rings. The van der Waals surface area contributed by atoms with Crippen molar-refractivity contribution in [1.82, 2.24) is 4.98 Å². The molecule has 3 rings (SSSR count). The van der Waals surface area contributed by atoms with Gasteiger partial charge in [-0.15, -0.1) is 0 Å². The van der Waals surface area contributed by atoms with Crippen LogP contribution in [0.2, 0.25) is 0 Å². The quantitative estimate of drug-likeness (QED) is 0.783. The van der Waals surface area contributed by atoms with E-state index in [-0.39, 0.29) is 16.4 Å². The van der Waals surface area contributed by atoms with Crippen molar-refractivity contribution in [2.45, 2.75) is 38.6 Å². The number of carbonyl (C=O) groups excluding carboxylic acids is 1. The van der Waals surface area contributed by atoms with Crippen LogP contribution in [0.25, 0.3) is 0 Å². The summed E-state index contributed by atoms with van der Waals surface area (Å²) in [7, 11) is 0. The van der Waals surface area contributed by atoms with E-state index in [9.17, 15) is 9.59 Å². The Bertz CT molecular complexity index is 488. The molecule has 0 saturated heterocycles. The van der Waals surface area contributed by atoms with E-state index < -0.39 is 5.97 Å². The van der Waals surface area contributed by atoms with E-state index in [4.69, 9.17) is 5.11 Å². The van der Waals surface area contributed by atoms with Gasteiger partial charge in [0.05, 0.1) is 0 Å². The molecule has 0 bridgehead atoms. The van der Waals surface area contributed by atoms with Gasteiger partial charge >= 0.3 is 5.97 Å². The molecule has 0 aliphatic heterocycles. The number of hydrogen-bond donors (Lipinski definition) is 2. The second-order valence-electron chi connectivity index (χ2n) is 5.40. The zero-order valence-electron chi connectivity index (χ0n) is 10.7. The number of hydrogen-bond acceptors (Lipinski definition) is 5. The molecular formula is C13H16N2O3S. The monoisotopic (exact) mass is 280 g/mol. The van der Waals surface area contributed by atoms with Crippen LogP contribution < -0.4 is 5.32 Å². The third-order valence-corrected chi connectivity index (χ3v) is 4.79. The van der Waals surface area contributed by atoms with Crippen LogP contribution in [0, 0.1) is 11.8 Å². The van der Waals surface area contributed by atoms with Gasteiger partial charge in [-0.05, 0) is 37.5 Å². The molecule has 0 spiro atoms. The number of ketones is 1. The highest BCUT2D eigenvalue weighted by molar-refractivity contribution is 7.17. The fourth-order valence-electron chi connectivity index (χ4n) is 2.44. The van der Waals surface area contributed by atoms with Gasteiger partial charge in [-0.1, -0.05) is 11.3 Å². The zero-order valence-corrected chi connectivity index (χ0v) is 11.5. The SMILES string of the molecule is CC(=O)c1sc(NC(C2CC2)C2CC2)nc1C(=O)O. The van der Waals surface area contributed by atoms with Gasteiger partial charge in [-0.2, -0.15) is 0 Å². The van der Waals surface area contributed by atoms with Crippen molar-refractivity contribution in [3.05, 3.63) is 10.6 Å². The average molecular weight is 280 g/mol. The lowest BCUT2D eigenvalue weighted by Gasteiger charge is -2.16. The Labute approximate surface area is 115 Å². The summed E-state index contributed by atoms with van der Waals surface area (Å²) < 4.78 is 0. The fourth-order valence-corrected chi connectivity index (χ4v) is 3.34. The Kier molecular flexibility index (Phi) is 3.05. The molecule has 2 saturated carbocycles. The Hall–Kier alpha value is -1.43. The summed E-state index contributed by atoms with van der Waals surface area (Å²) in [5, 5.41) is 13.0.